The van der Waals surface area contributed by atoms with Crippen LogP contribution < -0.4 is 5.32 Å². The van der Waals surface area contributed by atoms with Crippen molar-refractivity contribution in [1.82, 2.24) is 24.7 Å². The summed E-state index contributed by atoms with van der Waals surface area (Å²) in [6.45, 7) is 6.30. The Labute approximate surface area is 128 Å². The number of allylic oxidation sites excluding steroid dienone is 1. The van der Waals surface area contributed by atoms with Gasteiger partial charge in [-0.25, -0.2) is 9.97 Å². The zero-order valence-corrected chi connectivity index (χ0v) is 12.3. The zero-order chi connectivity index (χ0) is 15.4. The van der Waals surface area contributed by atoms with Crippen LogP contribution in [-0.2, 0) is 6.54 Å². The molecule has 3 aromatic heterocycles. The van der Waals surface area contributed by atoms with Crippen molar-refractivity contribution in [2.75, 3.05) is 5.32 Å². The third-order valence-electron chi connectivity index (χ3n) is 2.97. The number of rotatable bonds is 5. The average molecular weight is 292 g/mol. The molecule has 3 aromatic rings. The molecule has 0 aromatic carbocycles. The molecule has 22 heavy (non-hydrogen) atoms. The van der Waals surface area contributed by atoms with Crippen LogP contribution in [0.25, 0.3) is 11.5 Å². The lowest BCUT2D eigenvalue weighted by atomic mass is 10.3. The predicted molar refractivity (Wildman–Crippen MR) is 85.7 cm³/mol. The van der Waals surface area contributed by atoms with Crippen LogP contribution >= 0.6 is 0 Å². The minimum absolute atomic E-state index is 0.599. The van der Waals surface area contributed by atoms with E-state index in [4.69, 9.17) is 0 Å². The Morgan fingerprint density at radius 2 is 2.23 bits per heavy atom. The van der Waals surface area contributed by atoms with E-state index in [-0.39, 0.29) is 0 Å². The molecule has 3 rings (SSSR count). The van der Waals surface area contributed by atoms with Gasteiger partial charge in [-0.3, -0.25) is 9.67 Å². The molecule has 0 unspecified atom stereocenters. The fourth-order valence-electron chi connectivity index (χ4n) is 2.05. The van der Waals surface area contributed by atoms with Crippen molar-refractivity contribution in [3.63, 3.8) is 0 Å². The Hall–Kier alpha value is -3.02. The number of pyridine rings is 1. The summed E-state index contributed by atoms with van der Waals surface area (Å²) >= 11 is 0. The summed E-state index contributed by atoms with van der Waals surface area (Å²) in [4.78, 5) is 13.2. The topological polar surface area (TPSA) is 68.5 Å². The summed E-state index contributed by atoms with van der Waals surface area (Å²) in [6, 6.07) is 7.56. The van der Waals surface area contributed by atoms with Gasteiger partial charge in [0.15, 0.2) is 5.82 Å². The summed E-state index contributed by atoms with van der Waals surface area (Å²) in [5, 5.41) is 7.47. The van der Waals surface area contributed by atoms with Crippen LogP contribution in [0.2, 0.25) is 0 Å². The van der Waals surface area contributed by atoms with Gasteiger partial charge in [-0.2, -0.15) is 5.10 Å². The maximum absolute atomic E-state index is 4.51. The van der Waals surface area contributed by atoms with Crippen LogP contribution in [-0.4, -0.2) is 24.7 Å². The van der Waals surface area contributed by atoms with Gasteiger partial charge in [0, 0.05) is 24.2 Å². The molecule has 0 radical (unpaired) electrons. The number of nitrogens with one attached hydrogen (secondary N) is 1. The highest BCUT2D eigenvalue weighted by molar-refractivity contribution is 5.58. The van der Waals surface area contributed by atoms with E-state index in [1.807, 2.05) is 37.4 Å². The first-order valence-corrected chi connectivity index (χ1v) is 6.92. The molecule has 6 heteroatoms. The zero-order valence-electron chi connectivity index (χ0n) is 12.3. The van der Waals surface area contributed by atoms with Gasteiger partial charge < -0.3 is 5.32 Å². The molecule has 0 saturated heterocycles. The molecule has 110 valence electrons. The van der Waals surface area contributed by atoms with Crippen LogP contribution in [0.15, 0.2) is 55.5 Å². The van der Waals surface area contributed by atoms with Crippen molar-refractivity contribution in [2.45, 2.75) is 13.5 Å². The van der Waals surface area contributed by atoms with Crippen molar-refractivity contribution in [1.29, 1.82) is 0 Å². The lowest BCUT2D eigenvalue weighted by molar-refractivity contribution is 0.703. The Morgan fingerprint density at radius 1 is 1.32 bits per heavy atom. The molecule has 0 aliphatic rings. The molecule has 0 spiro atoms. The van der Waals surface area contributed by atoms with E-state index in [0.29, 0.717) is 18.2 Å². The fourth-order valence-corrected chi connectivity index (χ4v) is 2.05. The summed E-state index contributed by atoms with van der Waals surface area (Å²) in [5.41, 5.74) is 2.49. The van der Waals surface area contributed by atoms with Gasteiger partial charge in [0.05, 0.1) is 18.4 Å². The van der Waals surface area contributed by atoms with E-state index < -0.39 is 0 Å². The molecule has 3 heterocycles. The highest BCUT2D eigenvalue weighted by atomic mass is 15.3. The number of hydrogen-bond acceptors (Lipinski definition) is 5. The predicted octanol–water partition coefficient (Wildman–Crippen LogP) is 2.97. The van der Waals surface area contributed by atoms with Crippen molar-refractivity contribution in [3.05, 3.63) is 61.2 Å². The minimum atomic E-state index is 0.599. The van der Waals surface area contributed by atoms with Crippen molar-refractivity contribution in [2.24, 2.45) is 0 Å². The van der Waals surface area contributed by atoms with E-state index in [2.05, 4.69) is 31.9 Å². The second kappa shape index (κ2) is 6.17. The summed E-state index contributed by atoms with van der Waals surface area (Å²) in [6.07, 6.45) is 7.18. The lowest BCUT2D eigenvalue weighted by Gasteiger charge is -2.06. The number of hydrogen-bond donors (Lipinski definition) is 1. The lowest BCUT2D eigenvalue weighted by Crippen LogP contribution is -1.99. The third kappa shape index (κ3) is 3.17. The van der Waals surface area contributed by atoms with Crippen molar-refractivity contribution in [3.8, 4) is 11.5 Å². The van der Waals surface area contributed by atoms with Crippen molar-refractivity contribution < 1.29 is 0 Å². The molecule has 0 fully saturated rings. The molecule has 0 aliphatic heterocycles. The Balaban J connectivity index is 1.87. The monoisotopic (exact) mass is 292 g/mol. The molecule has 0 bridgehead atoms. The SMILES string of the molecule is C=CCn1cc(Nc2cc(C)nc(-c3ccccn3)n2)cn1. The Bertz CT molecular complexity index is 778. The Kier molecular flexibility index (Phi) is 3.91. The summed E-state index contributed by atoms with van der Waals surface area (Å²) < 4.78 is 1.79. The standard InChI is InChI=1S/C16H16N6/c1-3-8-22-11-13(10-18-22)20-15-9-12(2)19-16(21-15)14-6-4-5-7-17-14/h3-7,9-11H,1,8H2,2H3,(H,19,20,21). The summed E-state index contributed by atoms with van der Waals surface area (Å²) in [5.74, 6) is 1.31. The van der Waals surface area contributed by atoms with E-state index in [1.165, 1.54) is 0 Å². The van der Waals surface area contributed by atoms with Gasteiger partial charge in [-0.1, -0.05) is 12.1 Å². The highest BCUT2D eigenvalue weighted by Crippen LogP contribution is 2.18. The van der Waals surface area contributed by atoms with Gasteiger partial charge in [-0.05, 0) is 19.1 Å². The first-order valence-electron chi connectivity index (χ1n) is 6.92. The van der Waals surface area contributed by atoms with Crippen molar-refractivity contribution >= 4 is 11.5 Å². The number of anilines is 2. The van der Waals surface area contributed by atoms with E-state index in [9.17, 15) is 0 Å². The smallest absolute Gasteiger partial charge is 0.180 e. The fraction of sp³-hybridized carbons (Fsp3) is 0.125. The molecule has 1 N–H and O–H groups in total. The van der Waals surface area contributed by atoms with Crippen LogP contribution in [0.3, 0.4) is 0 Å². The van der Waals surface area contributed by atoms with Gasteiger partial charge >= 0.3 is 0 Å². The number of aryl methyl sites for hydroxylation is 1. The van der Waals surface area contributed by atoms with Crippen LogP contribution in [0.1, 0.15) is 5.69 Å². The quantitative estimate of drug-likeness (QED) is 0.732. The van der Waals surface area contributed by atoms with E-state index in [1.54, 1.807) is 23.2 Å². The van der Waals surface area contributed by atoms with Crippen LogP contribution in [0.5, 0.6) is 0 Å². The van der Waals surface area contributed by atoms with E-state index in [0.717, 1.165) is 17.1 Å². The van der Waals surface area contributed by atoms with Gasteiger partial charge in [0.25, 0.3) is 0 Å². The van der Waals surface area contributed by atoms with Crippen LogP contribution in [0.4, 0.5) is 11.5 Å². The van der Waals surface area contributed by atoms with Crippen LogP contribution in [0, 0.1) is 6.92 Å². The molecule has 0 amide bonds. The highest BCUT2D eigenvalue weighted by Gasteiger charge is 2.07. The second-order valence-electron chi connectivity index (χ2n) is 4.80. The molecule has 0 atom stereocenters. The molecule has 0 saturated carbocycles. The molecule has 6 nitrogen and oxygen atoms in total. The van der Waals surface area contributed by atoms with Gasteiger partial charge in [0.2, 0.25) is 0 Å². The third-order valence-corrected chi connectivity index (χ3v) is 2.97. The normalized spacial score (nSPS) is 10.4. The minimum Gasteiger partial charge on any atom is -0.338 e. The largest absolute Gasteiger partial charge is 0.338 e. The summed E-state index contributed by atoms with van der Waals surface area (Å²) in [7, 11) is 0. The molecular weight excluding hydrogens is 276 g/mol. The number of aromatic nitrogens is 5. The molecule has 0 aliphatic carbocycles. The number of nitrogens with zero attached hydrogens (tertiary/aromatic N) is 5. The maximum atomic E-state index is 4.51. The average Bonchev–Trinajstić information content (AvgIpc) is 2.95. The maximum Gasteiger partial charge on any atom is 0.180 e. The first kappa shape index (κ1) is 13.9. The Morgan fingerprint density at radius 3 is 3.00 bits per heavy atom. The second-order valence-corrected chi connectivity index (χ2v) is 4.80. The van der Waals surface area contributed by atoms with Gasteiger partial charge in [-0.15, -0.1) is 6.58 Å². The van der Waals surface area contributed by atoms with Gasteiger partial charge in [0.1, 0.15) is 11.5 Å². The first-order chi connectivity index (χ1) is 10.7. The molecular formula is C16H16N6. The van der Waals surface area contributed by atoms with E-state index >= 15 is 0 Å².